The number of thiophene rings is 1. The Balaban J connectivity index is 2.43. The average molecular weight is 329 g/mol. The van der Waals surface area contributed by atoms with Gasteiger partial charge >= 0.3 is 12.1 Å². The van der Waals surface area contributed by atoms with Gasteiger partial charge < -0.3 is 19.5 Å². The summed E-state index contributed by atoms with van der Waals surface area (Å²) >= 11 is 1.42. The molecule has 1 atom stereocenters. The quantitative estimate of drug-likeness (QED) is 0.465. The number of ether oxygens (including phenoxy) is 3. The molecule has 0 saturated heterocycles. The summed E-state index contributed by atoms with van der Waals surface area (Å²) in [5, 5.41) is 4.18. The van der Waals surface area contributed by atoms with E-state index >= 15 is 0 Å². The van der Waals surface area contributed by atoms with Crippen molar-refractivity contribution in [2.24, 2.45) is 5.92 Å². The van der Waals surface area contributed by atoms with Gasteiger partial charge in [-0.2, -0.15) is 0 Å². The Bertz CT molecular complexity index is 499. The van der Waals surface area contributed by atoms with Gasteiger partial charge in [0.2, 0.25) is 12.1 Å². The molecule has 0 spiro atoms. The summed E-state index contributed by atoms with van der Waals surface area (Å²) in [4.78, 5) is 35.6. The maximum atomic E-state index is 11.8. The van der Waals surface area contributed by atoms with Crippen LogP contribution in [0.5, 0.6) is 0 Å². The Labute approximate surface area is 132 Å². The van der Waals surface area contributed by atoms with E-state index in [4.69, 9.17) is 9.47 Å². The highest BCUT2D eigenvalue weighted by Crippen LogP contribution is 2.09. The van der Waals surface area contributed by atoms with Crippen molar-refractivity contribution in [1.29, 1.82) is 0 Å². The van der Waals surface area contributed by atoms with Gasteiger partial charge in [0.1, 0.15) is 0 Å². The van der Waals surface area contributed by atoms with Gasteiger partial charge in [0.05, 0.1) is 13.0 Å². The van der Waals surface area contributed by atoms with E-state index in [-0.39, 0.29) is 18.9 Å². The van der Waals surface area contributed by atoms with Crippen LogP contribution in [0.15, 0.2) is 17.5 Å². The molecular formula is C14H19NO6S. The number of hydrogen-bond acceptors (Lipinski definition) is 7. The van der Waals surface area contributed by atoms with Crippen LogP contribution in [-0.4, -0.2) is 38.0 Å². The monoisotopic (exact) mass is 329 g/mol. The second-order valence-corrected chi connectivity index (χ2v) is 5.85. The summed E-state index contributed by atoms with van der Waals surface area (Å²) in [6, 6.07) is 3.62. The first-order valence-electron chi connectivity index (χ1n) is 6.65. The third-order valence-electron chi connectivity index (χ3n) is 2.38. The molecule has 1 aromatic rings. The minimum absolute atomic E-state index is 0.114. The van der Waals surface area contributed by atoms with Gasteiger partial charge in [-0.25, -0.2) is 9.59 Å². The van der Waals surface area contributed by atoms with Crippen molar-refractivity contribution in [1.82, 2.24) is 5.32 Å². The Morgan fingerprint density at radius 3 is 2.59 bits per heavy atom. The van der Waals surface area contributed by atoms with Crippen LogP contribution in [0.4, 0.5) is 4.79 Å². The molecule has 1 amide bonds. The lowest BCUT2D eigenvalue weighted by atomic mass is 10.2. The molecule has 7 nitrogen and oxygen atoms in total. The molecule has 1 aromatic heterocycles. The predicted molar refractivity (Wildman–Crippen MR) is 79.2 cm³/mol. The van der Waals surface area contributed by atoms with Crippen LogP contribution in [0.1, 0.15) is 18.7 Å². The molecule has 8 heteroatoms. The summed E-state index contributed by atoms with van der Waals surface area (Å²) in [5.74, 6) is -1.33. The summed E-state index contributed by atoms with van der Waals surface area (Å²) in [7, 11) is 1.22. The van der Waals surface area contributed by atoms with Crippen LogP contribution in [0.25, 0.3) is 0 Å². The van der Waals surface area contributed by atoms with Crippen molar-refractivity contribution >= 4 is 29.4 Å². The molecule has 0 bridgehead atoms. The molecule has 0 saturated carbocycles. The average Bonchev–Trinajstić information content (AvgIpc) is 2.95. The van der Waals surface area contributed by atoms with Crippen molar-refractivity contribution in [2.45, 2.75) is 26.5 Å². The van der Waals surface area contributed by atoms with E-state index in [0.29, 0.717) is 0 Å². The molecule has 0 aromatic carbocycles. The fourth-order valence-corrected chi connectivity index (χ4v) is 2.09. The van der Waals surface area contributed by atoms with E-state index in [1.54, 1.807) is 6.07 Å². The maximum Gasteiger partial charge on any atom is 0.516 e. The fraction of sp³-hybridized carbons (Fsp3) is 0.500. The molecule has 0 fully saturated rings. The van der Waals surface area contributed by atoms with E-state index in [2.05, 4.69) is 10.1 Å². The smallest absolute Gasteiger partial charge is 0.434 e. The maximum absolute atomic E-state index is 11.8. The number of esters is 1. The van der Waals surface area contributed by atoms with Gasteiger partial charge in [-0.1, -0.05) is 19.9 Å². The van der Waals surface area contributed by atoms with Gasteiger partial charge in [0.15, 0.2) is 0 Å². The predicted octanol–water partition coefficient (Wildman–Crippen LogP) is 1.72. The lowest BCUT2D eigenvalue weighted by molar-refractivity contribution is -0.156. The van der Waals surface area contributed by atoms with Gasteiger partial charge in [-0.05, 0) is 17.4 Å². The lowest BCUT2D eigenvalue weighted by Crippen LogP contribution is -2.44. The second kappa shape index (κ2) is 9.16. The Kier molecular flexibility index (Phi) is 7.55. The van der Waals surface area contributed by atoms with E-state index in [9.17, 15) is 14.4 Å². The minimum atomic E-state index is -1.36. The Morgan fingerprint density at radius 1 is 1.32 bits per heavy atom. The fourth-order valence-electron chi connectivity index (χ4n) is 1.38. The normalized spacial score (nSPS) is 11.8. The zero-order valence-corrected chi connectivity index (χ0v) is 13.5. The van der Waals surface area contributed by atoms with E-state index in [1.165, 1.54) is 18.4 Å². The second-order valence-electron chi connectivity index (χ2n) is 4.82. The first kappa shape index (κ1) is 18.1. The van der Waals surface area contributed by atoms with Crippen molar-refractivity contribution < 1.29 is 28.6 Å². The number of carbonyl (C=O) groups excluding carboxylic acids is 3. The van der Waals surface area contributed by atoms with Gasteiger partial charge in [0.25, 0.3) is 0 Å². The number of amides is 1. The zero-order valence-electron chi connectivity index (χ0n) is 12.7. The molecule has 1 unspecified atom stereocenters. The number of methoxy groups -OCH3 is 1. The van der Waals surface area contributed by atoms with Crippen molar-refractivity contribution in [3.8, 4) is 0 Å². The SMILES string of the molecule is COC(NC(=O)Cc1cccs1)C(=O)OC(=O)OCC(C)C. The minimum Gasteiger partial charge on any atom is -0.434 e. The molecule has 22 heavy (non-hydrogen) atoms. The van der Waals surface area contributed by atoms with Gasteiger partial charge in [-0.3, -0.25) is 4.79 Å². The molecule has 0 radical (unpaired) electrons. The standard InChI is InChI=1S/C14H19NO6S/c1-9(2)8-20-14(18)21-13(17)12(19-3)15-11(16)7-10-5-4-6-22-10/h4-6,9,12H,7-8H2,1-3H3,(H,15,16). The zero-order chi connectivity index (χ0) is 16.5. The Hall–Kier alpha value is -1.93. The van der Waals surface area contributed by atoms with E-state index in [1.807, 2.05) is 25.3 Å². The molecule has 0 aliphatic rings. The summed E-state index contributed by atoms with van der Waals surface area (Å²) in [5.41, 5.74) is 0. The first-order chi connectivity index (χ1) is 10.4. The van der Waals surface area contributed by atoms with Crippen molar-refractivity contribution in [3.05, 3.63) is 22.4 Å². The van der Waals surface area contributed by atoms with E-state index < -0.39 is 24.3 Å². The molecule has 1 N–H and O–H groups in total. The molecular weight excluding hydrogens is 310 g/mol. The van der Waals surface area contributed by atoms with Crippen LogP contribution in [-0.2, 0) is 30.2 Å². The Morgan fingerprint density at radius 2 is 2.05 bits per heavy atom. The van der Waals surface area contributed by atoms with E-state index in [0.717, 1.165) is 4.88 Å². The van der Waals surface area contributed by atoms with Crippen LogP contribution in [0.3, 0.4) is 0 Å². The highest BCUT2D eigenvalue weighted by molar-refractivity contribution is 7.10. The topological polar surface area (TPSA) is 90.9 Å². The van der Waals surface area contributed by atoms with Gasteiger partial charge in [-0.15, -0.1) is 11.3 Å². The molecule has 0 aliphatic heterocycles. The number of carbonyl (C=O) groups is 3. The van der Waals surface area contributed by atoms with Crippen LogP contribution < -0.4 is 5.32 Å². The molecule has 0 aliphatic carbocycles. The van der Waals surface area contributed by atoms with Crippen LogP contribution >= 0.6 is 11.3 Å². The summed E-state index contributed by atoms with van der Waals surface area (Å²) < 4.78 is 14.0. The summed E-state index contributed by atoms with van der Waals surface area (Å²) in [6.45, 7) is 3.82. The third-order valence-corrected chi connectivity index (χ3v) is 3.25. The molecule has 1 rings (SSSR count). The van der Waals surface area contributed by atoms with Crippen molar-refractivity contribution in [3.63, 3.8) is 0 Å². The highest BCUT2D eigenvalue weighted by atomic mass is 32.1. The van der Waals surface area contributed by atoms with Crippen LogP contribution in [0.2, 0.25) is 0 Å². The third kappa shape index (κ3) is 6.68. The van der Waals surface area contributed by atoms with Crippen LogP contribution in [0, 0.1) is 5.92 Å². The number of hydrogen-bond donors (Lipinski definition) is 1. The van der Waals surface area contributed by atoms with Crippen molar-refractivity contribution in [2.75, 3.05) is 13.7 Å². The number of nitrogens with one attached hydrogen (secondary N) is 1. The lowest BCUT2D eigenvalue weighted by Gasteiger charge is -2.15. The number of rotatable bonds is 7. The molecule has 122 valence electrons. The highest BCUT2D eigenvalue weighted by Gasteiger charge is 2.25. The summed E-state index contributed by atoms with van der Waals surface area (Å²) in [6.07, 6.45) is -2.37. The van der Waals surface area contributed by atoms with Gasteiger partial charge in [0, 0.05) is 12.0 Å². The first-order valence-corrected chi connectivity index (χ1v) is 7.53. The molecule has 1 heterocycles. The largest absolute Gasteiger partial charge is 0.516 e.